The van der Waals surface area contributed by atoms with Gasteiger partial charge < -0.3 is 9.47 Å². The predicted molar refractivity (Wildman–Crippen MR) is 109 cm³/mol. The molecule has 0 amide bonds. The van der Waals surface area contributed by atoms with Crippen molar-refractivity contribution in [2.45, 2.75) is 39.8 Å². The number of ketones is 1. The minimum atomic E-state index is -0.672. The maximum absolute atomic E-state index is 14.7. The quantitative estimate of drug-likeness (QED) is 0.469. The molecule has 1 aromatic carbocycles. The fraction of sp³-hybridized carbons (Fsp3) is 0.400. The summed E-state index contributed by atoms with van der Waals surface area (Å²) < 4.78 is 28.9. The fourth-order valence-electron chi connectivity index (χ4n) is 3.27. The van der Waals surface area contributed by atoms with Crippen molar-refractivity contribution in [1.82, 2.24) is 9.36 Å². The molecule has 0 fully saturated rings. The van der Waals surface area contributed by atoms with Crippen molar-refractivity contribution >= 4 is 29.0 Å². The van der Waals surface area contributed by atoms with Gasteiger partial charge in [0.25, 0.3) is 5.56 Å². The molecule has 156 valence electrons. The van der Waals surface area contributed by atoms with Crippen LogP contribution in [0.5, 0.6) is 5.75 Å². The van der Waals surface area contributed by atoms with Gasteiger partial charge in [-0.25, -0.2) is 9.07 Å². The molecule has 0 bridgehead atoms. The summed E-state index contributed by atoms with van der Waals surface area (Å²) in [5.41, 5.74) is -0.257. The van der Waals surface area contributed by atoms with Crippen LogP contribution in [0.15, 0.2) is 28.8 Å². The van der Waals surface area contributed by atoms with Gasteiger partial charge in [0.1, 0.15) is 29.1 Å². The Morgan fingerprint density at radius 3 is 2.55 bits per heavy atom. The van der Waals surface area contributed by atoms with Gasteiger partial charge >= 0.3 is 0 Å². The molecule has 3 rings (SSSR count). The van der Waals surface area contributed by atoms with Crippen LogP contribution in [0.4, 0.5) is 4.39 Å². The molecule has 1 aromatic heterocycles. The summed E-state index contributed by atoms with van der Waals surface area (Å²) in [5, 5.41) is 0.221. The lowest BCUT2D eigenvalue weighted by molar-refractivity contribution is -0.112. The third-order valence-corrected chi connectivity index (χ3v) is 5.20. The van der Waals surface area contributed by atoms with Crippen LogP contribution < -0.4 is 10.3 Å². The van der Waals surface area contributed by atoms with Crippen LogP contribution >= 0.6 is 23.2 Å². The summed E-state index contributed by atoms with van der Waals surface area (Å²) in [4.78, 5) is 24.1. The highest BCUT2D eigenvalue weighted by molar-refractivity contribution is 6.33. The van der Waals surface area contributed by atoms with E-state index >= 15 is 0 Å². The van der Waals surface area contributed by atoms with E-state index in [1.807, 2.05) is 0 Å². The summed E-state index contributed by atoms with van der Waals surface area (Å²) in [6, 6.07) is 2.43. The molecule has 9 heteroatoms. The second kappa shape index (κ2) is 9.05. The highest BCUT2D eigenvalue weighted by Crippen LogP contribution is 2.36. The molecule has 0 radical (unpaired) electrons. The number of aromatic nitrogens is 2. The predicted octanol–water partition coefficient (Wildman–Crippen LogP) is 4.44. The third-order valence-electron chi connectivity index (χ3n) is 4.52. The molecular formula is C20H21Cl2FN2O4. The number of ether oxygens (including phenoxy) is 2. The van der Waals surface area contributed by atoms with Crippen molar-refractivity contribution in [1.29, 1.82) is 0 Å². The van der Waals surface area contributed by atoms with E-state index < -0.39 is 5.82 Å². The van der Waals surface area contributed by atoms with E-state index in [9.17, 15) is 14.0 Å². The summed E-state index contributed by atoms with van der Waals surface area (Å²) in [7, 11) is 0. The molecule has 6 nitrogen and oxygen atoms in total. The van der Waals surface area contributed by atoms with Gasteiger partial charge in [-0.15, -0.1) is 0 Å². The lowest BCUT2D eigenvalue weighted by Crippen LogP contribution is -2.27. The van der Waals surface area contributed by atoms with Gasteiger partial charge in [-0.05, 0) is 38.8 Å². The van der Waals surface area contributed by atoms with Crippen LogP contribution in [-0.4, -0.2) is 28.4 Å². The first-order valence-corrected chi connectivity index (χ1v) is 10.0. The van der Waals surface area contributed by atoms with Crippen LogP contribution in [0.1, 0.15) is 26.7 Å². The van der Waals surface area contributed by atoms with Crippen LogP contribution in [-0.2, 0) is 22.6 Å². The normalized spacial score (nSPS) is 13.9. The van der Waals surface area contributed by atoms with E-state index in [-0.39, 0.29) is 45.0 Å². The van der Waals surface area contributed by atoms with Gasteiger partial charge in [0.05, 0.1) is 17.2 Å². The van der Waals surface area contributed by atoms with Crippen molar-refractivity contribution in [2.24, 2.45) is 0 Å². The minimum absolute atomic E-state index is 0.0160. The number of carbonyl (C=O) groups is 1. The summed E-state index contributed by atoms with van der Waals surface area (Å²) in [6.07, 6.45) is 3.07. The number of hydrogen-bond donors (Lipinski definition) is 0. The second-order valence-corrected chi connectivity index (χ2v) is 7.40. The minimum Gasteiger partial charge on any atom is -0.494 e. The number of halogens is 3. The van der Waals surface area contributed by atoms with E-state index in [1.54, 1.807) is 11.6 Å². The Bertz CT molecular complexity index is 1030. The van der Waals surface area contributed by atoms with Gasteiger partial charge in [0, 0.05) is 24.7 Å². The van der Waals surface area contributed by atoms with E-state index in [4.69, 9.17) is 32.7 Å². The molecule has 0 aliphatic carbocycles. The number of carbonyl (C=O) groups excluding carboxylic acids is 1. The van der Waals surface area contributed by atoms with Gasteiger partial charge in [0.15, 0.2) is 5.78 Å². The standard InChI is InChI=1S/C20H21Cl2FN2O4/c1-3-28-13(8-12(2)26)11-29-17-9-14(16(23)10-15(17)21)18-19(22)24-6-4-5-7-25(24)20(18)27/h8-10H,3-7,11H2,1-2H3/b13-8+. The Balaban J connectivity index is 1.98. The van der Waals surface area contributed by atoms with Gasteiger partial charge in [-0.2, -0.15) is 0 Å². The van der Waals surface area contributed by atoms with E-state index in [2.05, 4.69) is 0 Å². The SMILES string of the molecule is CCO/C(=C/C(C)=O)COc1cc(-c2c(Cl)n3n(c2=O)CCCC3)c(F)cc1Cl. The Morgan fingerprint density at radius 1 is 1.24 bits per heavy atom. The summed E-state index contributed by atoms with van der Waals surface area (Å²) >= 11 is 12.5. The number of nitrogens with zero attached hydrogens (tertiary/aromatic N) is 2. The Morgan fingerprint density at radius 2 is 1.93 bits per heavy atom. The van der Waals surface area contributed by atoms with Crippen LogP contribution in [0, 0.1) is 5.82 Å². The van der Waals surface area contributed by atoms with Gasteiger partial charge in [0.2, 0.25) is 0 Å². The average Bonchev–Trinajstić information content (AvgIpc) is 2.92. The van der Waals surface area contributed by atoms with Crippen molar-refractivity contribution in [3.63, 3.8) is 0 Å². The highest BCUT2D eigenvalue weighted by atomic mass is 35.5. The van der Waals surface area contributed by atoms with Crippen molar-refractivity contribution in [3.05, 3.63) is 50.3 Å². The molecule has 2 heterocycles. The zero-order chi connectivity index (χ0) is 21.1. The first kappa shape index (κ1) is 21.5. The van der Waals surface area contributed by atoms with Crippen LogP contribution in [0.3, 0.4) is 0 Å². The Labute approximate surface area is 177 Å². The maximum Gasteiger partial charge on any atom is 0.276 e. The number of hydrogen-bond acceptors (Lipinski definition) is 4. The molecule has 29 heavy (non-hydrogen) atoms. The smallest absolute Gasteiger partial charge is 0.276 e. The van der Waals surface area contributed by atoms with E-state index in [0.29, 0.717) is 25.5 Å². The maximum atomic E-state index is 14.7. The van der Waals surface area contributed by atoms with Crippen molar-refractivity contribution in [2.75, 3.05) is 13.2 Å². The lowest BCUT2D eigenvalue weighted by Gasteiger charge is -2.17. The molecule has 0 unspecified atom stereocenters. The first-order chi connectivity index (χ1) is 13.8. The first-order valence-electron chi connectivity index (χ1n) is 9.28. The molecule has 0 saturated heterocycles. The molecule has 2 aromatic rings. The number of fused-ring (bicyclic) bond motifs is 1. The van der Waals surface area contributed by atoms with Crippen molar-refractivity contribution < 1.29 is 18.7 Å². The highest BCUT2D eigenvalue weighted by Gasteiger charge is 2.25. The molecule has 0 spiro atoms. The number of rotatable bonds is 7. The molecular weight excluding hydrogens is 422 g/mol. The van der Waals surface area contributed by atoms with E-state index in [1.165, 1.54) is 23.7 Å². The monoisotopic (exact) mass is 442 g/mol. The number of allylic oxidation sites excluding steroid dienone is 1. The average molecular weight is 443 g/mol. The summed E-state index contributed by atoms with van der Waals surface area (Å²) in [6.45, 7) is 4.59. The van der Waals surface area contributed by atoms with Gasteiger partial charge in [-0.3, -0.25) is 14.3 Å². The molecule has 0 saturated carbocycles. The van der Waals surface area contributed by atoms with Crippen LogP contribution in [0.2, 0.25) is 10.2 Å². The zero-order valence-corrected chi connectivity index (χ0v) is 17.6. The lowest BCUT2D eigenvalue weighted by atomic mass is 10.1. The van der Waals surface area contributed by atoms with Gasteiger partial charge in [-0.1, -0.05) is 23.2 Å². The van der Waals surface area contributed by atoms with Crippen molar-refractivity contribution in [3.8, 4) is 16.9 Å². The van der Waals surface area contributed by atoms with Crippen LogP contribution in [0.25, 0.3) is 11.1 Å². The van der Waals surface area contributed by atoms with E-state index in [0.717, 1.165) is 18.9 Å². The Kier molecular flexibility index (Phi) is 6.70. The molecule has 1 aliphatic heterocycles. The zero-order valence-electron chi connectivity index (χ0n) is 16.1. The largest absolute Gasteiger partial charge is 0.494 e. The topological polar surface area (TPSA) is 62.5 Å². The molecule has 0 N–H and O–H groups in total. The second-order valence-electron chi connectivity index (χ2n) is 6.63. The molecule has 1 aliphatic rings. The third kappa shape index (κ3) is 4.51. The molecule has 0 atom stereocenters. The Hall–Kier alpha value is -2.25. The summed E-state index contributed by atoms with van der Waals surface area (Å²) in [5.74, 6) is -0.391. The fourth-order valence-corrected chi connectivity index (χ4v) is 3.83. The number of benzene rings is 1.